The standard InChI is InChI=1S/C35H36N2O5/c1-24(38)34(18-11-21-42-31(39)26-14-7-4-8-15-26)22-27(32(40)41-2)30-35(28-16-9-10-17-29(28)36-30)19-20-37(33(34)35)23-25-12-5-3-6-13-25/h3-10,12-17,33,36H,11,18-23H2,1-2H3/t33-,34+,35+/m0/s1. The van der Waals surface area contributed by atoms with Crippen LogP contribution in [0.2, 0.25) is 0 Å². The van der Waals surface area contributed by atoms with E-state index < -0.39 is 16.8 Å². The number of likely N-dealkylation sites (tertiary alicyclic amines) is 1. The quantitative estimate of drug-likeness (QED) is 0.265. The van der Waals surface area contributed by atoms with Crippen LogP contribution < -0.4 is 5.32 Å². The van der Waals surface area contributed by atoms with E-state index in [1.807, 2.05) is 42.5 Å². The number of esters is 2. The minimum Gasteiger partial charge on any atom is -0.466 e. The summed E-state index contributed by atoms with van der Waals surface area (Å²) >= 11 is 0. The third-order valence-electron chi connectivity index (χ3n) is 9.43. The molecule has 3 aromatic rings. The highest BCUT2D eigenvalue weighted by atomic mass is 16.5. The number of nitrogens with zero attached hydrogens (tertiary/aromatic N) is 1. The monoisotopic (exact) mass is 564 g/mol. The average molecular weight is 565 g/mol. The Morgan fingerprint density at radius 1 is 0.929 bits per heavy atom. The molecule has 1 spiro atoms. The van der Waals surface area contributed by atoms with Crippen molar-refractivity contribution in [3.8, 4) is 0 Å². The van der Waals surface area contributed by atoms with E-state index in [9.17, 15) is 14.4 Å². The molecule has 3 atom stereocenters. The maximum atomic E-state index is 14.0. The molecule has 42 heavy (non-hydrogen) atoms. The summed E-state index contributed by atoms with van der Waals surface area (Å²) in [6.45, 7) is 3.29. The third-order valence-corrected chi connectivity index (χ3v) is 9.43. The predicted octanol–water partition coefficient (Wildman–Crippen LogP) is 5.67. The van der Waals surface area contributed by atoms with Gasteiger partial charge in [-0.3, -0.25) is 9.69 Å². The second kappa shape index (κ2) is 11.2. The maximum Gasteiger partial charge on any atom is 0.338 e. The van der Waals surface area contributed by atoms with Crippen molar-refractivity contribution >= 4 is 23.4 Å². The molecule has 2 heterocycles. The molecule has 3 aromatic carbocycles. The van der Waals surface area contributed by atoms with Crippen LogP contribution in [0.25, 0.3) is 0 Å². The lowest BCUT2D eigenvalue weighted by Gasteiger charge is -2.52. The van der Waals surface area contributed by atoms with Gasteiger partial charge < -0.3 is 14.8 Å². The summed E-state index contributed by atoms with van der Waals surface area (Å²) in [6.07, 6.45) is 1.98. The second-order valence-electron chi connectivity index (χ2n) is 11.6. The Morgan fingerprint density at radius 3 is 2.33 bits per heavy atom. The molecule has 1 fully saturated rings. The van der Waals surface area contributed by atoms with Crippen molar-refractivity contribution in [1.82, 2.24) is 4.90 Å². The van der Waals surface area contributed by atoms with Gasteiger partial charge in [-0.15, -0.1) is 0 Å². The predicted molar refractivity (Wildman–Crippen MR) is 160 cm³/mol. The number of rotatable bonds is 9. The third kappa shape index (κ3) is 4.52. The number of hydrogen-bond donors (Lipinski definition) is 1. The number of benzene rings is 3. The summed E-state index contributed by atoms with van der Waals surface area (Å²) in [6, 6.07) is 27.2. The zero-order chi connectivity index (χ0) is 29.3. The van der Waals surface area contributed by atoms with Crippen LogP contribution in [-0.2, 0) is 31.0 Å². The number of hydrogen-bond acceptors (Lipinski definition) is 7. The lowest BCUT2D eigenvalue weighted by molar-refractivity contribution is -0.139. The second-order valence-corrected chi connectivity index (χ2v) is 11.6. The van der Waals surface area contributed by atoms with Gasteiger partial charge in [-0.25, -0.2) is 9.59 Å². The molecule has 0 amide bonds. The number of carbonyl (C=O) groups excluding carboxylic acids is 3. The Kier molecular flexibility index (Phi) is 7.45. The van der Waals surface area contributed by atoms with Gasteiger partial charge in [-0.1, -0.05) is 66.7 Å². The van der Waals surface area contributed by atoms with Crippen LogP contribution in [0.3, 0.4) is 0 Å². The highest BCUT2D eigenvalue weighted by Gasteiger charge is 2.67. The summed E-state index contributed by atoms with van der Waals surface area (Å²) in [5.41, 5.74) is 3.68. The van der Waals surface area contributed by atoms with Crippen molar-refractivity contribution in [2.75, 3.05) is 25.6 Å². The highest BCUT2D eigenvalue weighted by molar-refractivity contribution is 5.96. The number of ketones is 1. The van der Waals surface area contributed by atoms with E-state index in [0.29, 0.717) is 30.5 Å². The van der Waals surface area contributed by atoms with Crippen LogP contribution in [0.1, 0.15) is 54.1 Å². The molecule has 0 aromatic heterocycles. The number of ether oxygens (including phenoxy) is 2. The summed E-state index contributed by atoms with van der Waals surface area (Å²) in [4.78, 5) is 42.5. The molecule has 0 saturated carbocycles. The summed E-state index contributed by atoms with van der Waals surface area (Å²) in [5, 5.41) is 3.60. The first-order valence-corrected chi connectivity index (χ1v) is 14.6. The maximum absolute atomic E-state index is 14.0. The largest absolute Gasteiger partial charge is 0.466 e. The van der Waals surface area contributed by atoms with E-state index in [0.717, 1.165) is 29.9 Å². The first kappa shape index (κ1) is 27.9. The van der Waals surface area contributed by atoms with Gasteiger partial charge in [0.05, 0.1) is 30.3 Å². The summed E-state index contributed by atoms with van der Waals surface area (Å²) < 4.78 is 10.9. The molecule has 0 radical (unpaired) electrons. The van der Waals surface area contributed by atoms with Gasteiger partial charge >= 0.3 is 11.9 Å². The fourth-order valence-electron chi connectivity index (χ4n) is 7.68. The van der Waals surface area contributed by atoms with Crippen molar-refractivity contribution in [1.29, 1.82) is 0 Å². The zero-order valence-corrected chi connectivity index (χ0v) is 24.1. The summed E-state index contributed by atoms with van der Waals surface area (Å²) in [7, 11) is 1.39. The number of nitrogens with one attached hydrogen (secondary N) is 1. The molecule has 7 nitrogen and oxygen atoms in total. The van der Waals surface area contributed by atoms with Crippen molar-refractivity contribution in [3.63, 3.8) is 0 Å². The normalized spacial score (nSPS) is 24.3. The Labute approximate surface area is 246 Å². The minimum atomic E-state index is -0.892. The Morgan fingerprint density at radius 2 is 1.62 bits per heavy atom. The van der Waals surface area contributed by atoms with Gasteiger partial charge in [0.25, 0.3) is 0 Å². The molecule has 3 aliphatic rings. The fourth-order valence-corrected chi connectivity index (χ4v) is 7.68. The van der Waals surface area contributed by atoms with Gasteiger partial charge in [0.15, 0.2) is 0 Å². The molecule has 216 valence electrons. The molecule has 1 aliphatic carbocycles. The van der Waals surface area contributed by atoms with Gasteiger partial charge in [0.1, 0.15) is 5.78 Å². The van der Waals surface area contributed by atoms with Crippen LogP contribution >= 0.6 is 0 Å². The van der Waals surface area contributed by atoms with Crippen molar-refractivity contribution in [3.05, 3.63) is 113 Å². The van der Waals surface area contributed by atoms with E-state index in [1.165, 1.54) is 12.7 Å². The van der Waals surface area contributed by atoms with Gasteiger partial charge in [-0.05, 0) is 61.9 Å². The van der Waals surface area contributed by atoms with E-state index in [-0.39, 0.29) is 30.8 Å². The molecule has 0 bridgehead atoms. The fraction of sp³-hybridized carbons (Fsp3) is 0.343. The Hall–Kier alpha value is -4.23. The molecule has 0 unspecified atom stereocenters. The van der Waals surface area contributed by atoms with Crippen molar-refractivity contribution in [2.24, 2.45) is 5.41 Å². The summed E-state index contributed by atoms with van der Waals surface area (Å²) in [5.74, 6) is -0.762. The molecule has 1 N–H and O–H groups in total. The van der Waals surface area contributed by atoms with Crippen molar-refractivity contribution in [2.45, 2.75) is 50.6 Å². The van der Waals surface area contributed by atoms with E-state index in [2.05, 4.69) is 28.4 Å². The number of fused-ring (bicyclic) bond motifs is 1. The smallest absolute Gasteiger partial charge is 0.338 e. The van der Waals surface area contributed by atoms with Crippen molar-refractivity contribution < 1.29 is 23.9 Å². The van der Waals surface area contributed by atoms with E-state index >= 15 is 0 Å². The molecule has 2 aliphatic heterocycles. The molecular formula is C35H36N2O5. The average Bonchev–Trinajstić information content (AvgIpc) is 3.57. The van der Waals surface area contributed by atoms with E-state index in [4.69, 9.17) is 9.47 Å². The molecule has 7 heteroatoms. The van der Waals surface area contributed by atoms with Crippen LogP contribution in [0.4, 0.5) is 5.69 Å². The lowest BCUT2D eigenvalue weighted by atomic mass is 9.54. The Balaban J connectivity index is 1.41. The topological polar surface area (TPSA) is 84.9 Å². The highest BCUT2D eigenvalue weighted by Crippen LogP contribution is 2.63. The molecular weight excluding hydrogens is 528 g/mol. The van der Waals surface area contributed by atoms with Gasteiger partial charge in [0, 0.05) is 35.9 Å². The first-order valence-electron chi connectivity index (χ1n) is 14.6. The van der Waals surface area contributed by atoms with Gasteiger partial charge in [0.2, 0.25) is 0 Å². The van der Waals surface area contributed by atoms with Crippen LogP contribution in [-0.4, -0.2) is 48.9 Å². The number of carbonyl (C=O) groups is 3. The SMILES string of the molecule is COC(=O)C1=C2Nc3ccccc3[C@]23CCN(Cc2ccccc2)[C@H]3[C@@](CCCOC(=O)c2ccccc2)(C(C)=O)C1. The lowest BCUT2D eigenvalue weighted by Crippen LogP contribution is -2.60. The number of methoxy groups -OCH3 is 1. The molecule has 1 saturated heterocycles. The van der Waals surface area contributed by atoms with Crippen LogP contribution in [0.15, 0.2) is 96.2 Å². The van der Waals surface area contributed by atoms with Gasteiger partial charge in [-0.2, -0.15) is 0 Å². The van der Waals surface area contributed by atoms with Crippen LogP contribution in [0.5, 0.6) is 0 Å². The molecule has 6 rings (SSSR count). The Bertz CT molecular complexity index is 1540. The zero-order valence-electron chi connectivity index (χ0n) is 24.1. The number of Topliss-reactive ketones (excluding diaryl/α,β-unsaturated/α-hetero) is 1. The number of anilines is 1. The number of para-hydroxylation sites is 1. The van der Waals surface area contributed by atoms with Crippen LogP contribution in [0, 0.1) is 5.41 Å². The minimum absolute atomic E-state index is 0.0334. The van der Waals surface area contributed by atoms with E-state index in [1.54, 1.807) is 31.2 Å². The first-order chi connectivity index (χ1) is 20.4.